The minimum Gasteiger partial charge on any atom is -0.507 e. The molecule has 1 N–H and O–H groups in total. The highest BCUT2D eigenvalue weighted by molar-refractivity contribution is 6.46. The molecule has 0 aliphatic carbocycles. The number of ketones is 1. The Morgan fingerprint density at radius 2 is 1.72 bits per heavy atom. The number of amides is 1. The van der Waals surface area contributed by atoms with Crippen LogP contribution in [0.25, 0.3) is 5.76 Å². The van der Waals surface area contributed by atoms with Gasteiger partial charge in [-0.1, -0.05) is 37.6 Å². The topological polar surface area (TPSA) is 66.8 Å². The van der Waals surface area contributed by atoms with E-state index in [0.717, 1.165) is 5.56 Å². The van der Waals surface area contributed by atoms with Crippen molar-refractivity contribution >= 4 is 29.1 Å². The van der Waals surface area contributed by atoms with Crippen molar-refractivity contribution in [2.45, 2.75) is 26.8 Å². The molecule has 0 saturated carbocycles. The molecule has 2 aromatic rings. The summed E-state index contributed by atoms with van der Waals surface area (Å²) >= 11 is 5.93. The Kier molecular flexibility index (Phi) is 6.28. The van der Waals surface area contributed by atoms with Gasteiger partial charge in [-0.25, -0.2) is 0 Å². The van der Waals surface area contributed by atoms with Gasteiger partial charge in [0.05, 0.1) is 18.2 Å². The van der Waals surface area contributed by atoms with Gasteiger partial charge in [0.1, 0.15) is 11.5 Å². The molecule has 152 valence electrons. The first-order valence-corrected chi connectivity index (χ1v) is 9.98. The molecule has 5 nitrogen and oxygen atoms in total. The number of ether oxygens (including phenoxy) is 1. The van der Waals surface area contributed by atoms with Crippen molar-refractivity contribution in [2.75, 3.05) is 13.2 Å². The summed E-state index contributed by atoms with van der Waals surface area (Å²) in [5.74, 6) is -0.626. The highest BCUT2D eigenvalue weighted by atomic mass is 35.5. The van der Waals surface area contributed by atoms with E-state index in [1.54, 1.807) is 36.4 Å². The van der Waals surface area contributed by atoms with E-state index in [-0.39, 0.29) is 17.3 Å². The van der Waals surface area contributed by atoms with Crippen LogP contribution in [0.2, 0.25) is 5.02 Å². The second-order valence-electron chi connectivity index (χ2n) is 7.35. The second kappa shape index (κ2) is 8.70. The molecule has 0 unspecified atom stereocenters. The van der Waals surface area contributed by atoms with E-state index in [4.69, 9.17) is 16.3 Å². The molecule has 0 bridgehead atoms. The van der Waals surface area contributed by atoms with Gasteiger partial charge in [0.25, 0.3) is 11.7 Å². The number of carbonyl (C=O) groups excluding carboxylic acids is 2. The summed E-state index contributed by atoms with van der Waals surface area (Å²) < 4.78 is 5.49. The van der Waals surface area contributed by atoms with Gasteiger partial charge in [-0.3, -0.25) is 9.59 Å². The average molecular weight is 414 g/mol. The number of likely N-dealkylation sites (tertiary alicyclic amines) is 1. The highest BCUT2D eigenvalue weighted by Gasteiger charge is 2.46. The minimum absolute atomic E-state index is 0.0853. The Morgan fingerprint density at radius 3 is 2.28 bits per heavy atom. The number of aliphatic hydroxyl groups excluding tert-OH is 1. The molecule has 1 heterocycles. The van der Waals surface area contributed by atoms with E-state index in [9.17, 15) is 14.7 Å². The molecule has 29 heavy (non-hydrogen) atoms. The number of carbonyl (C=O) groups is 2. The van der Waals surface area contributed by atoms with Crippen LogP contribution in [0.3, 0.4) is 0 Å². The molecule has 1 atom stereocenters. The molecule has 1 amide bonds. The lowest BCUT2D eigenvalue weighted by molar-refractivity contribution is -0.140. The van der Waals surface area contributed by atoms with Gasteiger partial charge in [0.2, 0.25) is 0 Å². The van der Waals surface area contributed by atoms with Crippen LogP contribution in [0.15, 0.2) is 54.1 Å². The number of nitrogens with zero attached hydrogens (tertiary/aromatic N) is 1. The van der Waals surface area contributed by atoms with Gasteiger partial charge in [-0.05, 0) is 54.8 Å². The summed E-state index contributed by atoms with van der Waals surface area (Å²) in [6.45, 7) is 6.81. The highest BCUT2D eigenvalue weighted by Crippen LogP contribution is 2.40. The normalized spacial score (nSPS) is 18.5. The lowest BCUT2D eigenvalue weighted by Crippen LogP contribution is -2.33. The largest absolute Gasteiger partial charge is 0.507 e. The van der Waals surface area contributed by atoms with Crippen molar-refractivity contribution in [1.29, 1.82) is 0 Å². The summed E-state index contributed by atoms with van der Waals surface area (Å²) in [6, 6.07) is 13.1. The van der Waals surface area contributed by atoms with Crippen molar-refractivity contribution < 1.29 is 19.4 Å². The van der Waals surface area contributed by atoms with Crippen molar-refractivity contribution in [3.05, 3.63) is 70.3 Å². The lowest BCUT2D eigenvalue weighted by atomic mass is 9.95. The maximum absolute atomic E-state index is 12.9. The van der Waals surface area contributed by atoms with Gasteiger partial charge in [-0.15, -0.1) is 0 Å². The number of hydrogen-bond donors (Lipinski definition) is 1. The van der Waals surface area contributed by atoms with Crippen LogP contribution in [0.1, 0.15) is 37.9 Å². The van der Waals surface area contributed by atoms with Crippen molar-refractivity contribution in [1.82, 2.24) is 4.90 Å². The lowest BCUT2D eigenvalue weighted by Gasteiger charge is -2.27. The number of halogens is 1. The van der Waals surface area contributed by atoms with E-state index in [0.29, 0.717) is 29.5 Å². The molecule has 6 heteroatoms. The SMILES string of the molecule is CCOc1ccc([C@H]2C(=C(O)c3ccc(Cl)cc3)C(=O)C(=O)N2CC(C)C)cc1. The molecule has 0 aromatic heterocycles. The van der Waals surface area contributed by atoms with Crippen LogP contribution in [0, 0.1) is 5.92 Å². The van der Waals surface area contributed by atoms with Crippen molar-refractivity contribution in [3.63, 3.8) is 0 Å². The predicted octanol–water partition coefficient (Wildman–Crippen LogP) is 4.82. The summed E-state index contributed by atoms with van der Waals surface area (Å²) in [5, 5.41) is 11.5. The van der Waals surface area contributed by atoms with Gasteiger partial charge < -0.3 is 14.7 Å². The molecular weight excluding hydrogens is 390 g/mol. The fourth-order valence-corrected chi connectivity index (χ4v) is 3.61. The van der Waals surface area contributed by atoms with Crippen LogP contribution < -0.4 is 4.74 Å². The van der Waals surface area contributed by atoms with Crippen LogP contribution >= 0.6 is 11.6 Å². The summed E-state index contributed by atoms with van der Waals surface area (Å²) in [5.41, 5.74) is 1.26. The molecule has 2 aromatic carbocycles. The summed E-state index contributed by atoms with van der Waals surface area (Å²) in [6.07, 6.45) is 0. The molecule has 1 saturated heterocycles. The zero-order valence-corrected chi connectivity index (χ0v) is 17.4. The maximum Gasteiger partial charge on any atom is 0.295 e. The first-order chi connectivity index (χ1) is 13.8. The van der Waals surface area contributed by atoms with Crippen LogP contribution in [-0.2, 0) is 9.59 Å². The molecule has 0 radical (unpaired) electrons. The number of benzene rings is 2. The molecule has 1 aliphatic rings. The van der Waals surface area contributed by atoms with E-state index >= 15 is 0 Å². The molecular formula is C23H24ClNO4. The van der Waals surface area contributed by atoms with E-state index in [1.807, 2.05) is 32.9 Å². The average Bonchev–Trinajstić information content (AvgIpc) is 2.93. The summed E-state index contributed by atoms with van der Waals surface area (Å²) in [7, 11) is 0. The molecule has 1 aliphatic heterocycles. The maximum atomic E-state index is 12.9. The third-order valence-corrected chi connectivity index (χ3v) is 4.98. The van der Waals surface area contributed by atoms with Gasteiger partial charge in [0, 0.05) is 17.1 Å². The quantitative estimate of drug-likeness (QED) is 0.419. The molecule has 1 fully saturated rings. The Bertz CT molecular complexity index is 932. The molecule has 3 rings (SSSR count). The predicted molar refractivity (Wildman–Crippen MR) is 113 cm³/mol. The Labute approximate surface area is 175 Å². The van der Waals surface area contributed by atoms with Crippen LogP contribution in [0.4, 0.5) is 0 Å². The zero-order valence-electron chi connectivity index (χ0n) is 16.7. The number of Topliss-reactive ketones (excluding diaryl/α,β-unsaturated/α-hetero) is 1. The van der Waals surface area contributed by atoms with Crippen LogP contribution in [0.5, 0.6) is 5.75 Å². The van der Waals surface area contributed by atoms with E-state index < -0.39 is 17.7 Å². The van der Waals surface area contributed by atoms with Gasteiger partial charge in [-0.2, -0.15) is 0 Å². The Morgan fingerprint density at radius 1 is 1.10 bits per heavy atom. The number of aliphatic hydroxyl groups is 1. The summed E-state index contributed by atoms with van der Waals surface area (Å²) in [4.78, 5) is 27.2. The first-order valence-electron chi connectivity index (χ1n) is 9.60. The zero-order chi connectivity index (χ0) is 21.1. The van der Waals surface area contributed by atoms with Gasteiger partial charge >= 0.3 is 0 Å². The number of rotatable bonds is 6. The second-order valence-corrected chi connectivity index (χ2v) is 7.79. The molecule has 0 spiro atoms. The smallest absolute Gasteiger partial charge is 0.295 e. The van der Waals surface area contributed by atoms with E-state index in [2.05, 4.69) is 0 Å². The fourth-order valence-electron chi connectivity index (χ4n) is 3.48. The Balaban J connectivity index is 2.13. The fraction of sp³-hybridized carbons (Fsp3) is 0.304. The first kappa shape index (κ1) is 20.9. The third-order valence-electron chi connectivity index (χ3n) is 4.73. The minimum atomic E-state index is -0.683. The van der Waals surface area contributed by atoms with Gasteiger partial charge in [0.15, 0.2) is 0 Å². The third kappa shape index (κ3) is 4.30. The number of hydrogen-bond acceptors (Lipinski definition) is 4. The van der Waals surface area contributed by atoms with Crippen molar-refractivity contribution in [3.8, 4) is 5.75 Å². The Hall–Kier alpha value is -2.79. The van der Waals surface area contributed by atoms with Crippen molar-refractivity contribution in [2.24, 2.45) is 5.92 Å². The van der Waals surface area contributed by atoms with E-state index in [1.165, 1.54) is 4.90 Å². The standard InChI is InChI=1S/C23H24ClNO4/c1-4-29-18-11-7-15(8-12-18)20-19(21(26)16-5-9-17(24)10-6-16)22(27)23(28)25(20)13-14(2)3/h5-12,14,20,26H,4,13H2,1-3H3/t20-/m0/s1. The monoisotopic (exact) mass is 413 g/mol. The van der Waals surface area contributed by atoms with Crippen LogP contribution in [-0.4, -0.2) is 34.8 Å².